The van der Waals surface area contributed by atoms with Crippen LogP contribution >= 0.6 is 15.9 Å². The van der Waals surface area contributed by atoms with Gasteiger partial charge in [0.1, 0.15) is 12.1 Å². The number of imide groups is 1. The number of benzene rings is 1. The van der Waals surface area contributed by atoms with E-state index in [2.05, 4.69) is 15.9 Å². The van der Waals surface area contributed by atoms with Crippen LogP contribution in [0.4, 0.5) is 4.79 Å². The predicted octanol–water partition coefficient (Wildman–Crippen LogP) is 3.54. The lowest BCUT2D eigenvalue weighted by molar-refractivity contribution is -0.141. The van der Waals surface area contributed by atoms with Crippen molar-refractivity contribution in [2.24, 2.45) is 0 Å². The topological polar surface area (TPSA) is 60.9 Å². The molecule has 1 aromatic rings. The standard InChI is InChI=1S/C21H26BrN3O3/c1-23-20(28)25(19(27)21(23)10-3-2-4-11-21)14-18(26)24(17-8-9-17)13-15-6-5-7-16(22)12-15/h5-7,12,17H,2-4,8-11,13-14H2,1H3. The molecule has 0 unspecified atom stereocenters. The zero-order valence-corrected chi connectivity index (χ0v) is 17.8. The zero-order chi connectivity index (χ0) is 19.9. The molecule has 3 fully saturated rings. The number of urea groups is 1. The van der Waals surface area contributed by atoms with Gasteiger partial charge in [0, 0.05) is 24.1 Å². The number of nitrogens with zero attached hydrogens (tertiary/aromatic N) is 3. The van der Waals surface area contributed by atoms with E-state index in [4.69, 9.17) is 0 Å². The number of carbonyl (C=O) groups excluding carboxylic acids is 3. The fourth-order valence-electron chi connectivity index (χ4n) is 4.54. The second-order valence-corrected chi connectivity index (χ2v) is 9.12. The monoisotopic (exact) mass is 447 g/mol. The normalized spacial score (nSPS) is 21.5. The summed E-state index contributed by atoms with van der Waals surface area (Å²) in [4.78, 5) is 43.6. The molecular weight excluding hydrogens is 422 g/mol. The SMILES string of the molecule is CN1C(=O)N(CC(=O)N(Cc2cccc(Br)c2)C2CC2)C(=O)C12CCCCC2. The molecule has 1 aromatic carbocycles. The molecule has 6 nitrogen and oxygen atoms in total. The van der Waals surface area contributed by atoms with Crippen LogP contribution in [0.2, 0.25) is 0 Å². The number of carbonyl (C=O) groups is 3. The number of hydrogen-bond acceptors (Lipinski definition) is 3. The van der Waals surface area contributed by atoms with Gasteiger partial charge in [-0.25, -0.2) is 4.79 Å². The molecule has 2 aliphatic carbocycles. The lowest BCUT2D eigenvalue weighted by atomic mass is 9.81. The number of amides is 4. The third-order valence-corrected chi connectivity index (χ3v) is 6.82. The number of likely N-dealkylation sites (N-methyl/N-ethyl adjacent to an activating group) is 1. The van der Waals surface area contributed by atoms with Gasteiger partial charge in [0.2, 0.25) is 5.91 Å². The van der Waals surface area contributed by atoms with Crippen LogP contribution in [0.15, 0.2) is 28.7 Å². The Hall–Kier alpha value is -1.89. The molecule has 2 saturated carbocycles. The molecule has 0 atom stereocenters. The Kier molecular flexibility index (Phi) is 5.21. The van der Waals surface area contributed by atoms with Crippen molar-refractivity contribution in [1.29, 1.82) is 0 Å². The maximum absolute atomic E-state index is 13.1. The van der Waals surface area contributed by atoms with Gasteiger partial charge in [-0.15, -0.1) is 0 Å². The fourth-order valence-corrected chi connectivity index (χ4v) is 4.98. The molecule has 4 rings (SSSR count). The van der Waals surface area contributed by atoms with Crippen LogP contribution in [0.5, 0.6) is 0 Å². The van der Waals surface area contributed by atoms with E-state index in [-0.39, 0.29) is 30.4 Å². The molecule has 0 bridgehead atoms. The minimum atomic E-state index is -0.732. The summed E-state index contributed by atoms with van der Waals surface area (Å²) < 4.78 is 0.971. The molecule has 0 aromatic heterocycles. The van der Waals surface area contributed by atoms with Gasteiger partial charge in [0.05, 0.1) is 0 Å². The minimum Gasteiger partial charge on any atom is -0.334 e. The summed E-state index contributed by atoms with van der Waals surface area (Å²) in [5.41, 5.74) is 0.305. The Labute approximate surface area is 174 Å². The predicted molar refractivity (Wildman–Crippen MR) is 108 cm³/mol. The Balaban J connectivity index is 1.49. The fraction of sp³-hybridized carbons (Fsp3) is 0.571. The van der Waals surface area contributed by atoms with Crippen LogP contribution in [-0.4, -0.2) is 57.7 Å². The Bertz CT molecular complexity index is 802. The molecule has 28 heavy (non-hydrogen) atoms. The summed E-state index contributed by atoms with van der Waals surface area (Å²) in [5.74, 6) is -0.336. The summed E-state index contributed by atoms with van der Waals surface area (Å²) >= 11 is 3.47. The average molecular weight is 448 g/mol. The van der Waals surface area contributed by atoms with Crippen molar-refractivity contribution in [3.63, 3.8) is 0 Å². The highest BCUT2D eigenvalue weighted by Gasteiger charge is 2.56. The van der Waals surface area contributed by atoms with E-state index >= 15 is 0 Å². The molecule has 150 valence electrons. The van der Waals surface area contributed by atoms with E-state index in [0.29, 0.717) is 19.4 Å². The van der Waals surface area contributed by atoms with Gasteiger partial charge < -0.3 is 9.80 Å². The molecule has 1 spiro atoms. The molecular formula is C21H26BrN3O3. The molecule has 3 aliphatic rings. The van der Waals surface area contributed by atoms with Gasteiger partial charge in [0.25, 0.3) is 5.91 Å². The number of hydrogen-bond donors (Lipinski definition) is 0. The van der Waals surface area contributed by atoms with Crippen LogP contribution in [0.25, 0.3) is 0 Å². The van der Waals surface area contributed by atoms with Crippen LogP contribution in [0.1, 0.15) is 50.5 Å². The van der Waals surface area contributed by atoms with Gasteiger partial charge in [-0.3, -0.25) is 14.5 Å². The second-order valence-electron chi connectivity index (χ2n) is 8.21. The summed E-state index contributed by atoms with van der Waals surface area (Å²) in [5, 5.41) is 0. The van der Waals surface area contributed by atoms with E-state index in [1.54, 1.807) is 11.9 Å². The summed E-state index contributed by atoms with van der Waals surface area (Å²) in [6.07, 6.45) is 6.34. The molecule has 4 amide bonds. The molecule has 1 saturated heterocycles. The maximum Gasteiger partial charge on any atom is 0.327 e. The quantitative estimate of drug-likeness (QED) is 0.648. The first-order valence-corrected chi connectivity index (χ1v) is 10.9. The summed E-state index contributed by atoms with van der Waals surface area (Å²) in [6, 6.07) is 7.77. The summed E-state index contributed by atoms with van der Waals surface area (Å²) in [6.45, 7) is 0.342. The first-order chi connectivity index (χ1) is 13.4. The number of rotatable bonds is 5. The molecule has 1 heterocycles. The van der Waals surface area contributed by atoms with Crippen molar-refractivity contribution in [1.82, 2.24) is 14.7 Å². The van der Waals surface area contributed by atoms with Crippen LogP contribution in [0, 0.1) is 0 Å². The van der Waals surface area contributed by atoms with E-state index in [9.17, 15) is 14.4 Å². The number of halogens is 1. The largest absolute Gasteiger partial charge is 0.334 e. The first kappa shape index (κ1) is 19.4. The van der Waals surface area contributed by atoms with Crippen molar-refractivity contribution in [2.75, 3.05) is 13.6 Å². The minimum absolute atomic E-state index is 0.148. The second kappa shape index (κ2) is 7.50. The maximum atomic E-state index is 13.1. The highest BCUT2D eigenvalue weighted by molar-refractivity contribution is 9.10. The van der Waals surface area contributed by atoms with Crippen LogP contribution in [-0.2, 0) is 16.1 Å². The van der Waals surface area contributed by atoms with Gasteiger partial charge in [-0.05, 0) is 43.4 Å². The van der Waals surface area contributed by atoms with Crippen molar-refractivity contribution in [3.05, 3.63) is 34.3 Å². The van der Waals surface area contributed by atoms with Crippen molar-refractivity contribution >= 4 is 33.8 Å². The van der Waals surface area contributed by atoms with Crippen LogP contribution in [0.3, 0.4) is 0 Å². The van der Waals surface area contributed by atoms with Crippen molar-refractivity contribution < 1.29 is 14.4 Å². The smallest absolute Gasteiger partial charge is 0.327 e. The molecule has 1 aliphatic heterocycles. The van der Waals surface area contributed by atoms with E-state index < -0.39 is 5.54 Å². The van der Waals surface area contributed by atoms with E-state index in [0.717, 1.165) is 42.1 Å². The lowest BCUT2D eigenvalue weighted by Gasteiger charge is -2.35. The van der Waals surface area contributed by atoms with Crippen LogP contribution < -0.4 is 0 Å². The summed E-state index contributed by atoms with van der Waals surface area (Å²) in [7, 11) is 1.70. The first-order valence-electron chi connectivity index (χ1n) is 10.1. The lowest BCUT2D eigenvalue weighted by Crippen LogP contribution is -2.49. The average Bonchev–Trinajstić information content (AvgIpc) is 3.51. The van der Waals surface area contributed by atoms with Gasteiger partial charge in [0.15, 0.2) is 0 Å². The van der Waals surface area contributed by atoms with Gasteiger partial charge in [-0.2, -0.15) is 0 Å². The Morgan fingerprint density at radius 3 is 2.57 bits per heavy atom. The molecule has 7 heteroatoms. The Morgan fingerprint density at radius 2 is 1.93 bits per heavy atom. The molecule has 0 N–H and O–H groups in total. The molecule has 0 radical (unpaired) electrons. The third kappa shape index (κ3) is 3.45. The van der Waals surface area contributed by atoms with Gasteiger partial charge >= 0.3 is 6.03 Å². The third-order valence-electron chi connectivity index (χ3n) is 6.33. The highest BCUT2D eigenvalue weighted by atomic mass is 79.9. The van der Waals surface area contributed by atoms with Gasteiger partial charge in [-0.1, -0.05) is 47.3 Å². The highest BCUT2D eigenvalue weighted by Crippen LogP contribution is 2.39. The van der Waals surface area contributed by atoms with Crippen molar-refractivity contribution in [2.45, 2.75) is 63.1 Å². The Morgan fingerprint density at radius 1 is 1.21 bits per heavy atom. The zero-order valence-electron chi connectivity index (χ0n) is 16.2. The van der Waals surface area contributed by atoms with Crippen molar-refractivity contribution in [3.8, 4) is 0 Å². The van der Waals surface area contributed by atoms with E-state index in [1.165, 1.54) is 4.90 Å². The van der Waals surface area contributed by atoms with E-state index in [1.807, 2.05) is 29.2 Å².